The number of aliphatic hydroxyl groups excluding tert-OH is 1. The smallest absolute Gasteiger partial charge is 0.114 e. The molecular weight excluding hydrogens is 254 g/mol. The number of aliphatic hydroxyl groups is 1. The van der Waals surface area contributed by atoms with E-state index in [4.69, 9.17) is 16.3 Å². The van der Waals surface area contributed by atoms with Gasteiger partial charge in [-0.05, 0) is 24.6 Å². The molecule has 0 saturated heterocycles. The van der Waals surface area contributed by atoms with Gasteiger partial charge in [-0.2, -0.15) is 0 Å². The van der Waals surface area contributed by atoms with E-state index in [9.17, 15) is 5.11 Å². The Balaban J connectivity index is 2.56. The van der Waals surface area contributed by atoms with Gasteiger partial charge in [-0.25, -0.2) is 4.68 Å². The lowest BCUT2D eigenvalue weighted by atomic mass is 10.2. The monoisotopic (exact) mass is 267 g/mol. The molecule has 0 radical (unpaired) electrons. The SMILES string of the molecule is COCc1c(CO)nnn1-c1cc(Cl)ccc1C. The molecule has 1 aromatic carbocycles. The van der Waals surface area contributed by atoms with Gasteiger partial charge in [0.15, 0.2) is 0 Å². The molecule has 96 valence electrons. The molecule has 0 aliphatic heterocycles. The van der Waals surface area contributed by atoms with E-state index in [1.807, 2.05) is 25.1 Å². The number of rotatable bonds is 4. The van der Waals surface area contributed by atoms with Crippen LogP contribution in [0.2, 0.25) is 5.02 Å². The number of methoxy groups -OCH3 is 1. The molecule has 0 aliphatic rings. The van der Waals surface area contributed by atoms with Crippen LogP contribution in [0, 0.1) is 6.92 Å². The van der Waals surface area contributed by atoms with Crippen LogP contribution in [-0.2, 0) is 18.0 Å². The minimum Gasteiger partial charge on any atom is -0.390 e. The summed E-state index contributed by atoms with van der Waals surface area (Å²) >= 11 is 5.99. The third kappa shape index (κ3) is 2.38. The predicted molar refractivity (Wildman–Crippen MR) is 67.7 cm³/mol. The molecule has 0 spiro atoms. The van der Waals surface area contributed by atoms with Crippen LogP contribution >= 0.6 is 11.6 Å². The lowest BCUT2D eigenvalue weighted by molar-refractivity contribution is 0.175. The van der Waals surface area contributed by atoms with E-state index < -0.39 is 0 Å². The summed E-state index contributed by atoms with van der Waals surface area (Å²) in [7, 11) is 1.59. The van der Waals surface area contributed by atoms with Crippen molar-refractivity contribution in [1.82, 2.24) is 15.0 Å². The molecule has 0 aliphatic carbocycles. The molecule has 0 bridgehead atoms. The molecule has 0 unspecified atom stereocenters. The van der Waals surface area contributed by atoms with Crippen LogP contribution in [0.15, 0.2) is 18.2 Å². The van der Waals surface area contributed by atoms with Gasteiger partial charge in [0.1, 0.15) is 5.69 Å². The van der Waals surface area contributed by atoms with Crippen LogP contribution in [0.3, 0.4) is 0 Å². The number of nitrogens with zero attached hydrogens (tertiary/aromatic N) is 3. The van der Waals surface area contributed by atoms with Crippen LogP contribution in [0.1, 0.15) is 17.0 Å². The maximum atomic E-state index is 9.23. The van der Waals surface area contributed by atoms with Crippen molar-refractivity contribution in [2.75, 3.05) is 7.11 Å². The molecule has 0 saturated carbocycles. The van der Waals surface area contributed by atoms with Crippen molar-refractivity contribution in [3.63, 3.8) is 0 Å². The average Bonchev–Trinajstić information content (AvgIpc) is 2.76. The maximum absolute atomic E-state index is 9.23. The van der Waals surface area contributed by atoms with E-state index in [-0.39, 0.29) is 6.61 Å². The van der Waals surface area contributed by atoms with Crippen molar-refractivity contribution in [3.05, 3.63) is 40.2 Å². The van der Waals surface area contributed by atoms with Gasteiger partial charge in [0.25, 0.3) is 0 Å². The van der Waals surface area contributed by atoms with Crippen molar-refractivity contribution in [2.45, 2.75) is 20.1 Å². The van der Waals surface area contributed by atoms with Crippen LogP contribution in [0.4, 0.5) is 0 Å². The normalized spacial score (nSPS) is 10.9. The topological polar surface area (TPSA) is 60.2 Å². The first-order valence-electron chi connectivity index (χ1n) is 5.47. The number of hydrogen-bond donors (Lipinski definition) is 1. The van der Waals surface area contributed by atoms with Gasteiger partial charge in [-0.3, -0.25) is 0 Å². The second-order valence-corrected chi connectivity index (χ2v) is 4.35. The summed E-state index contributed by atoms with van der Waals surface area (Å²) in [5, 5.41) is 17.8. The Morgan fingerprint density at radius 1 is 1.44 bits per heavy atom. The highest BCUT2D eigenvalue weighted by Crippen LogP contribution is 2.21. The van der Waals surface area contributed by atoms with E-state index in [0.29, 0.717) is 17.3 Å². The second-order valence-electron chi connectivity index (χ2n) is 3.92. The Kier molecular flexibility index (Phi) is 3.96. The second kappa shape index (κ2) is 5.48. The van der Waals surface area contributed by atoms with Gasteiger partial charge in [0.2, 0.25) is 0 Å². The van der Waals surface area contributed by atoms with E-state index in [0.717, 1.165) is 16.9 Å². The molecule has 5 nitrogen and oxygen atoms in total. The number of aromatic nitrogens is 3. The van der Waals surface area contributed by atoms with Crippen LogP contribution < -0.4 is 0 Å². The Morgan fingerprint density at radius 3 is 2.89 bits per heavy atom. The number of ether oxygens (including phenoxy) is 1. The fraction of sp³-hybridized carbons (Fsp3) is 0.333. The Hall–Kier alpha value is -1.43. The average molecular weight is 268 g/mol. The number of aryl methyl sites for hydroxylation is 1. The van der Waals surface area contributed by atoms with Crippen LogP contribution in [0.5, 0.6) is 0 Å². The Labute approximate surface area is 110 Å². The summed E-state index contributed by atoms with van der Waals surface area (Å²) < 4.78 is 6.77. The third-order valence-electron chi connectivity index (χ3n) is 2.67. The molecule has 0 atom stereocenters. The summed E-state index contributed by atoms with van der Waals surface area (Å²) in [6.45, 7) is 2.12. The molecule has 1 aromatic heterocycles. The summed E-state index contributed by atoms with van der Waals surface area (Å²) in [6, 6.07) is 5.54. The lowest BCUT2D eigenvalue weighted by Crippen LogP contribution is -2.06. The first-order valence-corrected chi connectivity index (χ1v) is 5.85. The van der Waals surface area contributed by atoms with Crippen LogP contribution in [0.25, 0.3) is 5.69 Å². The van der Waals surface area contributed by atoms with Crippen molar-refractivity contribution in [3.8, 4) is 5.69 Å². The molecule has 6 heteroatoms. The minimum absolute atomic E-state index is 0.168. The van der Waals surface area contributed by atoms with Gasteiger partial charge >= 0.3 is 0 Å². The van der Waals surface area contributed by atoms with Gasteiger partial charge in [0.05, 0.1) is 24.6 Å². The van der Waals surface area contributed by atoms with Crippen LogP contribution in [-0.4, -0.2) is 27.2 Å². The predicted octanol–water partition coefficient (Wildman–Crippen LogP) is 1.87. The largest absolute Gasteiger partial charge is 0.390 e. The molecule has 1 heterocycles. The van der Waals surface area contributed by atoms with Gasteiger partial charge in [0, 0.05) is 12.1 Å². The zero-order valence-electron chi connectivity index (χ0n) is 10.2. The molecule has 2 aromatic rings. The fourth-order valence-electron chi connectivity index (χ4n) is 1.74. The third-order valence-corrected chi connectivity index (χ3v) is 2.91. The van der Waals surface area contributed by atoms with E-state index in [2.05, 4.69) is 10.3 Å². The highest BCUT2D eigenvalue weighted by atomic mass is 35.5. The standard InChI is InChI=1S/C12H14ClN3O2/c1-8-3-4-9(13)5-11(8)16-12(7-18-2)10(6-17)14-15-16/h3-5,17H,6-7H2,1-2H3. The zero-order valence-corrected chi connectivity index (χ0v) is 11.0. The Morgan fingerprint density at radius 2 is 2.22 bits per heavy atom. The summed E-state index contributed by atoms with van der Waals surface area (Å²) in [6.07, 6.45) is 0. The Bertz CT molecular complexity index is 554. The molecule has 2 rings (SSSR count). The van der Waals surface area contributed by atoms with E-state index >= 15 is 0 Å². The van der Waals surface area contributed by atoms with Gasteiger partial charge < -0.3 is 9.84 Å². The van der Waals surface area contributed by atoms with E-state index in [1.54, 1.807) is 11.8 Å². The number of hydrogen-bond acceptors (Lipinski definition) is 4. The highest BCUT2D eigenvalue weighted by Gasteiger charge is 2.15. The molecule has 0 fully saturated rings. The first-order chi connectivity index (χ1) is 8.67. The molecule has 1 N–H and O–H groups in total. The van der Waals surface area contributed by atoms with Crippen molar-refractivity contribution >= 4 is 11.6 Å². The number of halogens is 1. The summed E-state index contributed by atoms with van der Waals surface area (Å²) in [4.78, 5) is 0. The van der Waals surface area contributed by atoms with Crippen molar-refractivity contribution in [1.29, 1.82) is 0 Å². The van der Waals surface area contributed by atoms with Crippen molar-refractivity contribution < 1.29 is 9.84 Å². The van der Waals surface area contributed by atoms with E-state index in [1.165, 1.54) is 0 Å². The number of benzene rings is 1. The highest BCUT2D eigenvalue weighted by molar-refractivity contribution is 6.30. The van der Waals surface area contributed by atoms with Crippen molar-refractivity contribution in [2.24, 2.45) is 0 Å². The maximum Gasteiger partial charge on any atom is 0.114 e. The zero-order chi connectivity index (χ0) is 13.1. The fourth-order valence-corrected chi connectivity index (χ4v) is 1.91. The molecular formula is C12H14ClN3O2. The first kappa shape index (κ1) is 13.0. The molecule has 18 heavy (non-hydrogen) atoms. The van der Waals surface area contributed by atoms with Gasteiger partial charge in [-0.15, -0.1) is 5.10 Å². The lowest BCUT2D eigenvalue weighted by Gasteiger charge is -2.09. The minimum atomic E-state index is -0.168. The molecule has 0 amide bonds. The summed E-state index contributed by atoms with van der Waals surface area (Å²) in [5.41, 5.74) is 3.09. The summed E-state index contributed by atoms with van der Waals surface area (Å²) in [5.74, 6) is 0. The quantitative estimate of drug-likeness (QED) is 0.919. The van der Waals surface area contributed by atoms with Gasteiger partial charge in [-0.1, -0.05) is 22.9 Å².